The fourth-order valence-electron chi connectivity index (χ4n) is 3.53. The standard InChI is InChI=1S/C20H20F2N4OS/c21-15-3-1-13(9-16(15)22)17-10-24-20(25-17)12-5-7-26(8-6-12)11-14-2-4-18(28-14)19(23)27/h1-4,9-10,12H,5-8,11H2,(H2,23,27)(H,24,25). The summed E-state index contributed by atoms with van der Waals surface area (Å²) in [5, 5.41) is 0. The van der Waals surface area contributed by atoms with Gasteiger partial charge in [0.25, 0.3) is 5.91 Å². The summed E-state index contributed by atoms with van der Waals surface area (Å²) in [6, 6.07) is 7.57. The third-order valence-electron chi connectivity index (χ3n) is 5.08. The number of carbonyl (C=O) groups is 1. The van der Waals surface area contributed by atoms with E-state index in [0.717, 1.165) is 49.2 Å². The first-order valence-electron chi connectivity index (χ1n) is 9.11. The van der Waals surface area contributed by atoms with Gasteiger partial charge in [-0.05, 0) is 56.3 Å². The lowest BCUT2D eigenvalue weighted by Crippen LogP contribution is -2.32. The Morgan fingerprint density at radius 3 is 2.68 bits per heavy atom. The first-order chi connectivity index (χ1) is 13.5. The summed E-state index contributed by atoms with van der Waals surface area (Å²) >= 11 is 1.44. The highest BCUT2D eigenvalue weighted by molar-refractivity contribution is 7.14. The van der Waals surface area contributed by atoms with Gasteiger partial charge in [-0.25, -0.2) is 13.8 Å². The Morgan fingerprint density at radius 2 is 2.00 bits per heavy atom. The fourth-order valence-corrected chi connectivity index (χ4v) is 4.44. The molecule has 1 aliphatic heterocycles. The van der Waals surface area contributed by atoms with Crippen molar-refractivity contribution in [3.8, 4) is 11.3 Å². The van der Waals surface area contributed by atoms with E-state index in [2.05, 4.69) is 14.9 Å². The van der Waals surface area contributed by atoms with Crippen molar-refractivity contribution in [3.63, 3.8) is 0 Å². The first kappa shape index (κ1) is 18.8. The van der Waals surface area contributed by atoms with Gasteiger partial charge in [-0.15, -0.1) is 11.3 Å². The van der Waals surface area contributed by atoms with Gasteiger partial charge < -0.3 is 10.7 Å². The van der Waals surface area contributed by atoms with Crippen molar-refractivity contribution < 1.29 is 13.6 Å². The van der Waals surface area contributed by atoms with E-state index in [1.165, 1.54) is 17.4 Å². The maximum absolute atomic E-state index is 13.5. The van der Waals surface area contributed by atoms with Gasteiger partial charge >= 0.3 is 0 Å². The molecule has 5 nitrogen and oxygen atoms in total. The van der Waals surface area contributed by atoms with E-state index >= 15 is 0 Å². The van der Waals surface area contributed by atoms with Crippen molar-refractivity contribution in [1.29, 1.82) is 0 Å². The van der Waals surface area contributed by atoms with Crippen LogP contribution in [0, 0.1) is 11.6 Å². The summed E-state index contributed by atoms with van der Waals surface area (Å²) in [5.41, 5.74) is 6.58. The monoisotopic (exact) mass is 402 g/mol. The number of nitrogens with zero attached hydrogens (tertiary/aromatic N) is 2. The van der Waals surface area contributed by atoms with E-state index in [1.807, 2.05) is 6.07 Å². The van der Waals surface area contributed by atoms with Crippen LogP contribution in [0.2, 0.25) is 0 Å². The van der Waals surface area contributed by atoms with Gasteiger partial charge in [0.2, 0.25) is 0 Å². The van der Waals surface area contributed by atoms with E-state index in [1.54, 1.807) is 18.3 Å². The Kier molecular flexibility index (Phi) is 5.23. The number of hydrogen-bond acceptors (Lipinski definition) is 4. The number of thiophene rings is 1. The van der Waals surface area contributed by atoms with E-state index in [9.17, 15) is 13.6 Å². The van der Waals surface area contributed by atoms with Crippen LogP contribution >= 0.6 is 11.3 Å². The summed E-state index contributed by atoms with van der Waals surface area (Å²) in [5.74, 6) is -0.921. The summed E-state index contributed by atoms with van der Waals surface area (Å²) < 4.78 is 26.6. The third kappa shape index (κ3) is 3.98. The first-order valence-corrected chi connectivity index (χ1v) is 9.92. The van der Waals surface area contributed by atoms with Crippen LogP contribution in [-0.2, 0) is 6.54 Å². The molecule has 3 heterocycles. The molecule has 1 amide bonds. The molecule has 0 radical (unpaired) electrons. The number of benzene rings is 1. The maximum Gasteiger partial charge on any atom is 0.258 e. The van der Waals surface area contributed by atoms with Crippen molar-refractivity contribution >= 4 is 17.2 Å². The van der Waals surface area contributed by atoms with Gasteiger partial charge in [0.15, 0.2) is 11.6 Å². The normalized spacial score (nSPS) is 15.8. The van der Waals surface area contributed by atoms with Crippen LogP contribution in [0.1, 0.15) is 39.1 Å². The average Bonchev–Trinajstić information content (AvgIpc) is 3.35. The molecule has 1 fully saturated rings. The average molecular weight is 402 g/mol. The van der Waals surface area contributed by atoms with Gasteiger partial charge in [0.1, 0.15) is 5.82 Å². The summed E-state index contributed by atoms with van der Waals surface area (Å²) in [6.45, 7) is 2.66. The Morgan fingerprint density at radius 1 is 1.21 bits per heavy atom. The zero-order valence-corrected chi connectivity index (χ0v) is 15.9. The molecule has 3 aromatic rings. The predicted molar refractivity (Wildman–Crippen MR) is 104 cm³/mol. The van der Waals surface area contributed by atoms with Gasteiger partial charge in [-0.2, -0.15) is 0 Å². The number of rotatable bonds is 5. The lowest BCUT2D eigenvalue weighted by molar-refractivity contribution is 0.100. The van der Waals surface area contributed by atoms with Crippen LogP contribution in [0.3, 0.4) is 0 Å². The number of imidazole rings is 1. The van der Waals surface area contributed by atoms with E-state index in [-0.39, 0.29) is 5.91 Å². The molecule has 0 saturated carbocycles. The van der Waals surface area contributed by atoms with E-state index < -0.39 is 11.6 Å². The lowest BCUT2D eigenvalue weighted by atomic mass is 9.96. The van der Waals surface area contributed by atoms with Crippen LogP contribution in [0.4, 0.5) is 8.78 Å². The molecule has 0 bridgehead atoms. The van der Waals surface area contributed by atoms with Crippen LogP contribution in [0.25, 0.3) is 11.3 Å². The zero-order valence-electron chi connectivity index (χ0n) is 15.1. The summed E-state index contributed by atoms with van der Waals surface area (Å²) in [6.07, 6.45) is 3.59. The van der Waals surface area contributed by atoms with Crippen molar-refractivity contribution in [1.82, 2.24) is 14.9 Å². The van der Waals surface area contributed by atoms with E-state index in [4.69, 9.17) is 5.73 Å². The number of hydrogen-bond donors (Lipinski definition) is 2. The molecule has 1 aromatic carbocycles. The van der Waals surface area contributed by atoms with Crippen molar-refractivity contribution in [2.75, 3.05) is 13.1 Å². The minimum Gasteiger partial charge on any atom is -0.365 e. The molecule has 2 aromatic heterocycles. The van der Waals surface area contributed by atoms with Crippen molar-refractivity contribution in [2.24, 2.45) is 5.73 Å². The molecule has 4 rings (SSSR count). The van der Waals surface area contributed by atoms with Gasteiger partial charge in [-0.1, -0.05) is 0 Å². The number of halogens is 2. The molecule has 3 N–H and O–H groups in total. The molecule has 28 heavy (non-hydrogen) atoms. The Bertz CT molecular complexity index is 992. The number of primary amides is 1. The number of H-pyrrole nitrogens is 1. The van der Waals surface area contributed by atoms with Crippen LogP contribution in [-0.4, -0.2) is 33.9 Å². The highest BCUT2D eigenvalue weighted by Gasteiger charge is 2.23. The van der Waals surface area contributed by atoms with Crippen molar-refractivity contribution in [3.05, 3.63) is 63.7 Å². The number of nitrogens with two attached hydrogens (primary N) is 1. The number of carbonyl (C=O) groups excluding carboxylic acids is 1. The van der Waals surface area contributed by atoms with Crippen molar-refractivity contribution in [2.45, 2.75) is 25.3 Å². The second-order valence-corrected chi connectivity index (χ2v) is 8.16. The Balaban J connectivity index is 1.36. The molecule has 1 aliphatic rings. The smallest absolute Gasteiger partial charge is 0.258 e. The number of aromatic nitrogens is 2. The molecular weight excluding hydrogens is 382 g/mol. The topological polar surface area (TPSA) is 75.0 Å². The second-order valence-electron chi connectivity index (χ2n) is 6.99. The van der Waals surface area contributed by atoms with Gasteiger partial charge in [0, 0.05) is 22.9 Å². The second kappa shape index (κ2) is 7.81. The molecule has 1 saturated heterocycles. The molecule has 146 valence electrons. The van der Waals surface area contributed by atoms with Crippen LogP contribution in [0.15, 0.2) is 36.5 Å². The minimum atomic E-state index is -0.866. The number of nitrogens with one attached hydrogen (secondary N) is 1. The highest BCUT2D eigenvalue weighted by Crippen LogP contribution is 2.29. The number of aromatic amines is 1. The van der Waals surface area contributed by atoms with Gasteiger partial charge in [-0.3, -0.25) is 9.69 Å². The molecule has 0 atom stereocenters. The van der Waals surface area contributed by atoms with Gasteiger partial charge in [0.05, 0.1) is 16.8 Å². The largest absolute Gasteiger partial charge is 0.365 e. The SMILES string of the molecule is NC(=O)c1ccc(CN2CCC(c3ncc(-c4ccc(F)c(F)c4)[nH]3)CC2)s1. The quantitative estimate of drug-likeness (QED) is 0.680. The maximum atomic E-state index is 13.5. The Hall–Kier alpha value is -2.58. The summed E-state index contributed by atoms with van der Waals surface area (Å²) in [7, 11) is 0. The summed E-state index contributed by atoms with van der Waals surface area (Å²) in [4.78, 5) is 23.0. The minimum absolute atomic E-state index is 0.305. The fraction of sp³-hybridized carbons (Fsp3) is 0.300. The molecule has 0 aliphatic carbocycles. The van der Waals surface area contributed by atoms with E-state index in [0.29, 0.717) is 22.1 Å². The van der Waals surface area contributed by atoms with Crippen LogP contribution in [0.5, 0.6) is 0 Å². The highest BCUT2D eigenvalue weighted by atomic mass is 32.1. The number of amides is 1. The molecule has 0 unspecified atom stereocenters. The lowest BCUT2D eigenvalue weighted by Gasteiger charge is -2.30. The number of likely N-dealkylation sites (tertiary alicyclic amines) is 1. The predicted octanol–water partition coefficient (Wildman–Crippen LogP) is 3.89. The number of piperidine rings is 1. The Labute approximate surface area is 165 Å². The third-order valence-corrected chi connectivity index (χ3v) is 6.17. The molecule has 8 heteroatoms. The molecule has 0 spiro atoms. The molecular formula is C20H20F2N4OS. The van der Waals surface area contributed by atoms with Crippen LogP contribution < -0.4 is 5.73 Å². The zero-order chi connectivity index (χ0) is 19.7.